The molecule has 2 aromatic rings. The van der Waals surface area contributed by atoms with Crippen LogP contribution in [0.25, 0.3) is 0 Å². The van der Waals surface area contributed by atoms with Gasteiger partial charge in [-0.3, -0.25) is 4.79 Å². The summed E-state index contributed by atoms with van der Waals surface area (Å²) in [5.74, 6) is -0.473. The maximum Gasteiger partial charge on any atom is 0.167 e. The molecular formula is C14H10BrFO. The van der Waals surface area contributed by atoms with Gasteiger partial charge in [0.1, 0.15) is 5.82 Å². The molecule has 0 spiro atoms. The fraction of sp³-hybridized carbons (Fsp3) is 0.0714. The van der Waals surface area contributed by atoms with Crippen molar-refractivity contribution in [3.8, 4) is 0 Å². The van der Waals surface area contributed by atoms with E-state index in [4.69, 9.17) is 0 Å². The molecule has 0 N–H and O–H groups in total. The van der Waals surface area contributed by atoms with Crippen LogP contribution >= 0.6 is 15.9 Å². The van der Waals surface area contributed by atoms with Crippen LogP contribution in [-0.2, 0) is 6.42 Å². The van der Waals surface area contributed by atoms with Gasteiger partial charge in [-0.2, -0.15) is 0 Å². The molecule has 0 amide bonds. The molecule has 0 radical (unpaired) electrons. The summed E-state index contributed by atoms with van der Waals surface area (Å²) >= 11 is 3.39. The third-order valence-electron chi connectivity index (χ3n) is 2.46. The van der Waals surface area contributed by atoms with E-state index in [1.165, 1.54) is 12.1 Å². The third kappa shape index (κ3) is 3.01. The Morgan fingerprint density at radius 3 is 2.59 bits per heavy atom. The number of hydrogen-bond acceptors (Lipinski definition) is 1. The lowest BCUT2D eigenvalue weighted by Gasteiger charge is -2.03. The first-order valence-electron chi connectivity index (χ1n) is 5.19. The smallest absolute Gasteiger partial charge is 0.167 e. The second-order valence-corrected chi connectivity index (χ2v) is 4.56. The predicted octanol–water partition coefficient (Wildman–Crippen LogP) is 4.01. The van der Waals surface area contributed by atoms with Gasteiger partial charge in [0.2, 0.25) is 0 Å². The first-order chi connectivity index (χ1) is 8.16. The summed E-state index contributed by atoms with van der Waals surface area (Å²) in [6.45, 7) is 0. The Labute approximate surface area is 107 Å². The number of halogens is 2. The molecular weight excluding hydrogens is 283 g/mol. The molecule has 0 bridgehead atoms. The minimum absolute atomic E-state index is 0.0867. The van der Waals surface area contributed by atoms with Crippen LogP contribution in [0.3, 0.4) is 0 Å². The number of carbonyl (C=O) groups excluding carboxylic acids is 1. The second kappa shape index (κ2) is 5.23. The van der Waals surface area contributed by atoms with E-state index >= 15 is 0 Å². The highest BCUT2D eigenvalue weighted by molar-refractivity contribution is 9.10. The molecule has 0 aliphatic carbocycles. The minimum Gasteiger partial charge on any atom is -0.294 e. The Morgan fingerprint density at radius 2 is 1.88 bits per heavy atom. The number of benzene rings is 2. The van der Waals surface area contributed by atoms with Gasteiger partial charge < -0.3 is 0 Å². The quantitative estimate of drug-likeness (QED) is 0.781. The minimum atomic E-state index is -0.386. The Balaban J connectivity index is 2.20. The van der Waals surface area contributed by atoms with Gasteiger partial charge in [0.25, 0.3) is 0 Å². The topological polar surface area (TPSA) is 17.1 Å². The van der Waals surface area contributed by atoms with Gasteiger partial charge in [0.15, 0.2) is 5.78 Å². The van der Waals surface area contributed by atoms with Crippen LogP contribution in [0.1, 0.15) is 15.9 Å². The van der Waals surface area contributed by atoms with Crippen molar-refractivity contribution in [3.63, 3.8) is 0 Å². The molecule has 0 fully saturated rings. The van der Waals surface area contributed by atoms with Gasteiger partial charge in [-0.15, -0.1) is 0 Å². The van der Waals surface area contributed by atoms with E-state index in [-0.39, 0.29) is 18.0 Å². The molecule has 0 aromatic heterocycles. The first kappa shape index (κ1) is 12.0. The molecule has 0 saturated heterocycles. The molecule has 3 heteroatoms. The Kier molecular flexibility index (Phi) is 3.69. The predicted molar refractivity (Wildman–Crippen MR) is 68.6 cm³/mol. The second-order valence-electron chi connectivity index (χ2n) is 3.70. The monoisotopic (exact) mass is 292 g/mol. The lowest BCUT2D eigenvalue weighted by atomic mass is 10.0. The Morgan fingerprint density at radius 1 is 1.12 bits per heavy atom. The van der Waals surface area contributed by atoms with E-state index in [0.29, 0.717) is 5.56 Å². The fourth-order valence-electron chi connectivity index (χ4n) is 1.58. The van der Waals surface area contributed by atoms with E-state index in [2.05, 4.69) is 15.9 Å². The molecule has 1 nitrogen and oxygen atoms in total. The normalized spacial score (nSPS) is 10.2. The summed E-state index contributed by atoms with van der Waals surface area (Å²) < 4.78 is 13.9. The van der Waals surface area contributed by atoms with E-state index in [0.717, 1.165) is 10.0 Å². The standard InChI is InChI=1S/C14H10BrFO/c15-13-7-2-1-4-10(13)9-14(17)11-5-3-6-12(16)8-11/h1-8H,9H2. The van der Waals surface area contributed by atoms with Crippen molar-refractivity contribution in [2.24, 2.45) is 0 Å². The first-order valence-corrected chi connectivity index (χ1v) is 5.98. The zero-order chi connectivity index (χ0) is 12.3. The van der Waals surface area contributed by atoms with E-state index < -0.39 is 0 Å². The molecule has 2 rings (SSSR count). The van der Waals surface area contributed by atoms with Crippen LogP contribution in [0.15, 0.2) is 53.0 Å². The average molecular weight is 293 g/mol. The van der Waals surface area contributed by atoms with Gasteiger partial charge in [-0.05, 0) is 23.8 Å². The van der Waals surface area contributed by atoms with Crippen LogP contribution in [0.4, 0.5) is 4.39 Å². The molecule has 17 heavy (non-hydrogen) atoms. The summed E-state index contributed by atoms with van der Waals surface area (Å²) in [6.07, 6.45) is 0.269. The lowest BCUT2D eigenvalue weighted by Crippen LogP contribution is -2.04. The van der Waals surface area contributed by atoms with Gasteiger partial charge in [0.05, 0.1) is 0 Å². The molecule has 2 aromatic carbocycles. The van der Waals surface area contributed by atoms with Crippen molar-refractivity contribution >= 4 is 21.7 Å². The van der Waals surface area contributed by atoms with Gasteiger partial charge in [0, 0.05) is 16.5 Å². The number of carbonyl (C=O) groups is 1. The lowest BCUT2D eigenvalue weighted by molar-refractivity contribution is 0.0992. The highest BCUT2D eigenvalue weighted by Crippen LogP contribution is 2.18. The third-order valence-corrected chi connectivity index (χ3v) is 3.23. The van der Waals surface area contributed by atoms with Gasteiger partial charge >= 0.3 is 0 Å². The summed E-state index contributed by atoms with van der Waals surface area (Å²) in [5, 5.41) is 0. The van der Waals surface area contributed by atoms with Crippen molar-refractivity contribution < 1.29 is 9.18 Å². The Hall–Kier alpha value is -1.48. The summed E-state index contributed by atoms with van der Waals surface area (Å²) in [4.78, 5) is 11.9. The average Bonchev–Trinajstić information content (AvgIpc) is 2.32. The summed E-state index contributed by atoms with van der Waals surface area (Å²) in [7, 11) is 0. The van der Waals surface area contributed by atoms with Crippen LogP contribution in [0, 0.1) is 5.82 Å². The number of hydrogen-bond donors (Lipinski definition) is 0. The molecule has 0 aliphatic heterocycles. The zero-order valence-electron chi connectivity index (χ0n) is 8.99. The molecule has 0 saturated carbocycles. The fourth-order valence-corrected chi connectivity index (χ4v) is 2.00. The van der Waals surface area contributed by atoms with E-state index in [1.54, 1.807) is 12.1 Å². The van der Waals surface area contributed by atoms with Gasteiger partial charge in [-0.1, -0.05) is 46.3 Å². The number of Topliss-reactive ketones (excluding diaryl/α,β-unsaturated/α-hetero) is 1. The maximum absolute atomic E-state index is 13.0. The van der Waals surface area contributed by atoms with Crippen molar-refractivity contribution in [3.05, 3.63) is 69.9 Å². The molecule has 0 aliphatic rings. The molecule has 0 unspecified atom stereocenters. The van der Waals surface area contributed by atoms with Crippen LogP contribution < -0.4 is 0 Å². The largest absolute Gasteiger partial charge is 0.294 e. The summed E-state index contributed by atoms with van der Waals surface area (Å²) in [6, 6.07) is 13.3. The number of rotatable bonds is 3. The van der Waals surface area contributed by atoms with Crippen molar-refractivity contribution in [2.45, 2.75) is 6.42 Å². The zero-order valence-corrected chi connectivity index (χ0v) is 10.6. The summed E-state index contributed by atoms with van der Waals surface area (Å²) in [5.41, 5.74) is 1.31. The van der Waals surface area contributed by atoms with Crippen molar-refractivity contribution in [2.75, 3.05) is 0 Å². The van der Waals surface area contributed by atoms with Crippen molar-refractivity contribution in [1.29, 1.82) is 0 Å². The highest BCUT2D eigenvalue weighted by atomic mass is 79.9. The SMILES string of the molecule is O=C(Cc1ccccc1Br)c1cccc(F)c1. The van der Waals surface area contributed by atoms with Crippen molar-refractivity contribution in [1.82, 2.24) is 0 Å². The van der Waals surface area contributed by atoms with Crippen LogP contribution in [0.5, 0.6) is 0 Å². The van der Waals surface area contributed by atoms with E-state index in [1.807, 2.05) is 24.3 Å². The molecule has 0 heterocycles. The van der Waals surface area contributed by atoms with Gasteiger partial charge in [-0.25, -0.2) is 4.39 Å². The molecule has 0 atom stereocenters. The highest BCUT2D eigenvalue weighted by Gasteiger charge is 2.09. The Bertz CT molecular complexity index is 551. The van der Waals surface area contributed by atoms with Crippen LogP contribution in [-0.4, -0.2) is 5.78 Å². The number of ketones is 1. The molecule has 86 valence electrons. The maximum atomic E-state index is 13.0. The van der Waals surface area contributed by atoms with E-state index in [9.17, 15) is 9.18 Å². The van der Waals surface area contributed by atoms with Crippen LogP contribution in [0.2, 0.25) is 0 Å².